The Balaban J connectivity index is 2.16. The van der Waals surface area contributed by atoms with Crippen LogP contribution in [-0.4, -0.2) is 40.0 Å². The fraction of sp³-hybridized carbons (Fsp3) is 0.625. The summed E-state index contributed by atoms with van der Waals surface area (Å²) in [5.74, 6) is 1.37. The van der Waals surface area contributed by atoms with E-state index in [4.69, 9.17) is 19.9 Å². The smallest absolute Gasteiger partial charge is 0.162 e. The van der Waals surface area contributed by atoms with Crippen molar-refractivity contribution in [1.29, 1.82) is 0 Å². The van der Waals surface area contributed by atoms with Crippen molar-refractivity contribution >= 4 is 11.4 Å². The maximum atomic E-state index is 6.18. The van der Waals surface area contributed by atoms with Crippen molar-refractivity contribution in [3.05, 3.63) is 12.1 Å². The first-order valence-electron chi connectivity index (χ1n) is 7.57. The lowest BCUT2D eigenvalue weighted by Crippen LogP contribution is -2.40. The van der Waals surface area contributed by atoms with Crippen LogP contribution >= 0.6 is 0 Å². The molecule has 1 atom stereocenters. The van der Waals surface area contributed by atoms with Crippen LogP contribution in [0, 0.1) is 0 Å². The highest BCUT2D eigenvalue weighted by atomic mass is 16.5. The third kappa shape index (κ3) is 3.73. The Morgan fingerprint density at radius 3 is 2.62 bits per heavy atom. The summed E-state index contributed by atoms with van der Waals surface area (Å²) >= 11 is 0. The van der Waals surface area contributed by atoms with Crippen molar-refractivity contribution in [2.75, 3.05) is 44.5 Å². The molecule has 1 aliphatic rings. The number of hydrogen-bond donors (Lipinski definition) is 1. The molecule has 1 fully saturated rings. The van der Waals surface area contributed by atoms with E-state index in [9.17, 15) is 0 Å². The van der Waals surface area contributed by atoms with Gasteiger partial charge in [-0.1, -0.05) is 6.92 Å². The van der Waals surface area contributed by atoms with E-state index in [0.717, 1.165) is 44.6 Å². The molecule has 1 heterocycles. The molecule has 1 saturated heterocycles. The van der Waals surface area contributed by atoms with Gasteiger partial charge in [0.25, 0.3) is 0 Å². The van der Waals surface area contributed by atoms with Gasteiger partial charge in [0.1, 0.15) is 0 Å². The molecule has 5 heteroatoms. The molecule has 0 radical (unpaired) electrons. The Kier molecular flexibility index (Phi) is 5.56. The average molecular weight is 294 g/mol. The lowest BCUT2D eigenvalue weighted by molar-refractivity contribution is 0.0441. The summed E-state index contributed by atoms with van der Waals surface area (Å²) < 4.78 is 16.5. The highest BCUT2D eigenvalue weighted by molar-refractivity contribution is 5.73. The number of piperidine rings is 1. The topological polar surface area (TPSA) is 57.0 Å². The molecule has 1 unspecified atom stereocenters. The van der Waals surface area contributed by atoms with Crippen LogP contribution in [0.25, 0.3) is 0 Å². The van der Waals surface area contributed by atoms with E-state index in [2.05, 4.69) is 11.8 Å². The average Bonchev–Trinajstić information content (AvgIpc) is 2.52. The van der Waals surface area contributed by atoms with Gasteiger partial charge in [-0.3, -0.25) is 0 Å². The van der Waals surface area contributed by atoms with Gasteiger partial charge in [0.15, 0.2) is 11.5 Å². The molecule has 0 aromatic heterocycles. The van der Waals surface area contributed by atoms with Gasteiger partial charge in [0.2, 0.25) is 0 Å². The molecule has 1 aromatic rings. The summed E-state index contributed by atoms with van der Waals surface area (Å²) in [7, 11) is 3.26. The zero-order valence-corrected chi connectivity index (χ0v) is 13.2. The fourth-order valence-corrected chi connectivity index (χ4v) is 2.74. The minimum absolute atomic E-state index is 0.284. The maximum absolute atomic E-state index is 6.18. The van der Waals surface area contributed by atoms with E-state index in [1.165, 1.54) is 0 Å². The molecule has 0 saturated carbocycles. The number of methoxy groups -OCH3 is 2. The number of nitrogens with two attached hydrogens (primary N) is 1. The van der Waals surface area contributed by atoms with Crippen LogP contribution in [0.5, 0.6) is 11.5 Å². The van der Waals surface area contributed by atoms with E-state index < -0.39 is 0 Å². The van der Waals surface area contributed by atoms with Gasteiger partial charge < -0.3 is 24.8 Å². The quantitative estimate of drug-likeness (QED) is 0.817. The SMILES string of the molecule is CCCOC1CCCN(c2cc(OC)c(OC)cc2N)C1. The Labute approximate surface area is 127 Å². The maximum Gasteiger partial charge on any atom is 0.162 e. The summed E-state index contributed by atoms with van der Waals surface area (Å²) in [6.07, 6.45) is 3.56. The van der Waals surface area contributed by atoms with Gasteiger partial charge in [0.05, 0.1) is 31.7 Å². The van der Waals surface area contributed by atoms with E-state index in [1.54, 1.807) is 14.2 Å². The molecule has 118 valence electrons. The molecular weight excluding hydrogens is 268 g/mol. The summed E-state index contributed by atoms with van der Waals surface area (Å²) in [6, 6.07) is 3.78. The molecular formula is C16H26N2O3. The van der Waals surface area contributed by atoms with Crippen LogP contribution in [0.3, 0.4) is 0 Å². The molecule has 1 aromatic carbocycles. The lowest BCUT2D eigenvalue weighted by Gasteiger charge is -2.35. The number of nitrogen functional groups attached to an aromatic ring is 1. The number of hydrogen-bond acceptors (Lipinski definition) is 5. The highest BCUT2D eigenvalue weighted by Gasteiger charge is 2.23. The van der Waals surface area contributed by atoms with Crippen LogP contribution in [0.15, 0.2) is 12.1 Å². The lowest BCUT2D eigenvalue weighted by atomic mass is 10.1. The molecule has 5 nitrogen and oxygen atoms in total. The zero-order valence-electron chi connectivity index (χ0n) is 13.2. The Morgan fingerprint density at radius 2 is 1.95 bits per heavy atom. The van der Waals surface area contributed by atoms with Crippen molar-refractivity contribution < 1.29 is 14.2 Å². The van der Waals surface area contributed by atoms with Crippen molar-refractivity contribution in [1.82, 2.24) is 0 Å². The number of nitrogens with zero attached hydrogens (tertiary/aromatic N) is 1. The fourth-order valence-electron chi connectivity index (χ4n) is 2.74. The van der Waals surface area contributed by atoms with Crippen LogP contribution in [0.2, 0.25) is 0 Å². The second-order valence-corrected chi connectivity index (χ2v) is 5.35. The van der Waals surface area contributed by atoms with Crippen LogP contribution in [-0.2, 0) is 4.74 Å². The summed E-state index contributed by atoms with van der Waals surface area (Å²) in [5, 5.41) is 0. The molecule has 1 aliphatic heterocycles. The van der Waals surface area contributed by atoms with Crippen LogP contribution in [0.4, 0.5) is 11.4 Å². The minimum atomic E-state index is 0.284. The van der Waals surface area contributed by atoms with Crippen molar-refractivity contribution in [2.45, 2.75) is 32.3 Å². The normalized spacial score (nSPS) is 18.6. The van der Waals surface area contributed by atoms with Crippen LogP contribution < -0.4 is 20.1 Å². The Bertz CT molecular complexity index is 465. The monoisotopic (exact) mass is 294 g/mol. The molecule has 0 aliphatic carbocycles. The molecule has 0 spiro atoms. The summed E-state index contributed by atoms with van der Waals surface area (Å²) in [4.78, 5) is 2.28. The van der Waals surface area contributed by atoms with E-state index >= 15 is 0 Å². The minimum Gasteiger partial charge on any atom is -0.493 e. The van der Waals surface area contributed by atoms with Crippen LogP contribution in [0.1, 0.15) is 26.2 Å². The third-order valence-corrected chi connectivity index (χ3v) is 3.81. The van der Waals surface area contributed by atoms with E-state index in [0.29, 0.717) is 17.2 Å². The van der Waals surface area contributed by atoms with E-state index in [-0.39, 0.29) is 6.10 Å². The van der Waals surface area contributed by atoms with Gasteiger partial charge in [-0.15, -0.1) is 0 Å². The van der Waals surface area contributed by atoms with Gasteiger partial charge in [0, 0.05) is 31.8 Å². The van der Waals surface area contributed by atoms with Crippen molar-refractivity contribution in [3.63, 3.8) is 0 Å². The number of anilines is 2. The van der Waals surface area contributed by atoms with Gasteiger partial charge in [-0.05, 0) is 19.3 Å². The standard InChI is InChI=1S/C16H26N2O3/c1-4-8-21-12-6-5-7-18(11-12)14-10-16(20-3)15(19-2)9-13(14)17/h9-10,12H,4-8,11,17H2,1-3H3. The molecule has 0 bridgehead atoms. The molecule has 2 rings (SSSR count). The summed E-state index contributed by atoms with van der Waals surface area (Å²) in [6.45, 7) is 4.82. The zero-order chi connectivity index (χ0) is 15.2. The summed E-state index contributed by atoms with van der Waals surface area (Å²) in [5.41, 5.74) is 7.89. The highest BCUT2D eigenvalue weighted by Crippen LogP contribution is 2.37. The van der Waals surface area contributed by atoms with Crippen molar-refractivity contribution in [3.8, 4) is 11.5 Å². The molecule has 2 N–H and O–H groups in total. The largest absolute Gasteiger partial charge is 0.493 e. The first-order valence-corrected chi connectivity index (χ1v) is 7.57. The predicted octanol–water partition coefficient (Wildman–Crippen LogP) is 2.68. The molecule has 21 heavy (non-hydrogen) atoms. The predicted molar refractivity (Wildman–Crippen MR) is 85.4 cm³/mol. The van der Waals surface area contributed by atoms with Gasteiger partial charge in [-0.25, -0.2) is 0 Å². The first kappa shape index (κ1) is 15.8. The van der Waals surface area contributed by atoms with E-state index in [1.807, 2.05) is 12.1 Å². The van der Waals surface area contributed by atoms with Gasteiger partial charge in [-0.2, -0.15) is 0 Å². The second kappa shape index (κ2) is 7.41. The number of benzene rings is 1. The number of ether oxygens (including phenoxy) is 3. The van der Waals surface area contributed by atoms with Gasteiger partial charge >= 0.3 is 0 Å². The van der Waals surface area contributed by atoms with Crippen molar-refractivity contribution in [2.24, 2.45) is 0 Å². The number of rotatable bonds is 6. The third-order valence-electron chi connectivity index (χ3n) is 3.81. The Hall–Kier alpha value is -1.62. The first-order chi connectivity index (χ1) is 10.2. The molecule has 0 amide bonds. The second-order valence-electron chi connectivity index (χ2n) is 5.35. The Morgan fingerprint density at radius 1 is 1.24 bits per heavy atom.